The average molecular weight is 962 g/mol. The molecule has 0 saturated carbocycles. The van der Waals surface area contributed by atoms with Crippen LogP contribution in [0.1, 0.15) is 52.7 Å². The van der Waals surface area contributed by atoms with Crippen LogP contribution in [-0.4, -0.2) is 38.1 Å². The van der Waals surface area contributed by atoms with Crippen molar-refractivity contribution in [2.45, 2.75) is 65.8 Å². The van der Waals surface area contributed by atoms with Gasteiger partial charge in [0.15, 0.2) is 0 Å². The third-order valence-electron chi connectivity index (χ3n) is 12.7. The van der Waals surface area contributed by atoms with E-state index in [9.17, 15) is 0 Å². The molecule has 2 aliphatic carbocycles. The zero-order valence-corrected chi connectivity index (χ0v) is 46.0. The summed E-state index contributed by atoms with van der Waals surface area (Å²) < 4.78 is 18.4. The summed E-state index contributed by atoms with van der Waals surface area (Å²) in [4.78, 5) is 0. The molecule has 60 heavy (non-hydrogen) atoms. The van der Waals surface area contributed by atoms with Crippen molar-refractivity contribution >= 4 is 69.4 Å². The van der Waals surface area contributed by atoms with Crippen LogP contribution in [-0.2, 0) is 29.8 Å². The number of rotatable bonds is 9. The van der Waals surface area contributed by atoms with Crippen molar-refractivity contribution in [2.24, 2.45) is 10.8 Å². The Kier molecular flexibility index (Phi) is 13.8. The van der Waals surface area contributed by atoms with E-state index in [2.05, 4.69) is 212 Å². The Bertz CT molecular complexity index is 2560. The van der Waals surface area contributed by atoms with Gasteiger partial charge in [-0.3, -0.25) is 0 Å². The molecule has 0 amide bonds. The summed E-state index contributed by atoms with van der Waals surface area (Å²) in [7, 11) is 1.18. The van der Waals surface area contributed by atoms with E-state index < -0.39 is 38.0 Å². The largest absolute Gasteiger partial charge is 0.147 e. The van der Waals surface area contributed by atoms with Crippen molar-refractivity contribution in [3.05, 3.63) is 190 Å². The second-order valence-corrected chi connectivity index (χ2v) is 37.8. The molecule has 6 aromatic rings. The van der Waals surface area contributed by atoms with E-state index in [4.69, 9.17) is 8.85 Å². The van der Waals surface area contributed by atoms with E-state index in [1.807, 2.05) is 0 Å². The molecule has 8 heteroatoms. The molecule has 6 aromatic carbocycles. The fourth-order valence-electron chi connectivity index (χ4n) is 10.6. The van der Waals surface area contributed by atoms with E-state index in [1.165, 1.54) is 65.4 Å². The van der Waals surface area contributed by atoms with Gasteiger partial charge in [0.1, 0.15) is 0 Å². The van der Waals surface area contributed by atoms with Gasteiger partial charge in [-0.1, -0.05) is 0 Å². The molecular formula is C52H59Cl2O2Si3Zr. The number of halogens is 2. The molecule has 0 radical (unpaired) electrons. The Balaban J connectivity index is 0.00000302. The van der Waals surface area contributed by atoms with Gasteiger partial charge in [-0.15, -0.1) is 24.8 Å². The predicted molar refractivity (Wildman–Crippen MR) is 267 cm³/mol. The Morgan fingerprint density at radius 2 is 0.733 bits per heavy atom. The third kappa shape index (κ3) is 7.17. The first-order valence-electron chi connectivity index (χ1n) is 20.8. The van der Waals surface area contributed by atoms with Crippen LogP contribution in [0.2, 0.25) is 13.1 Å². The first-order valence-corrected chi connectivity index (χ1v) is 32.0. The fourth-order valence-corrected chi connectivity index (χ4v) is 35.4. The van der Waals surface area contributed by atoms with Crippen LogP contribution in [0.5, 0.6) is 0 Å². The summed E-state index contributed by atoms with van der Waals surface area (Å²) >= 11 is -3.15. The Hall–Kier alpha value is -3.17. The van der Waals surface area contributed by atoms with Gasteiger partial charge in [0.2, 0.25) is 0 Å². The summed E-state index contributed by atoms with van der Waals surface area (Å²) in [6.45, 7) is 19.9. The Morgan fingerprint density at radius 3 is 1.00 bits per heavy atom. The van der Waals surface area contributed by atoms with Crippen molar-refractivity contribution in [3.8, 4) is 22.3 Å². The molecule has 0 spiro atoms. The summed E-state index contributed by atoms with van der Waals surface area (Å²) in [5.41, 5.74) is 8.46. The van der Waals surface area contributed by atoms with Crippen molar-refractivity contribution in [1.29, 1.82) is 0 Å². The summed E-state index contributed by atoms with van der Waals surface area (Å²) in [6.07, 6.45) is 0. The predicted octanol–water partition coefficient (Wildman–Crippen LogP) is 7.97. The maximum absolute atomic E-state index is 7.57. The van der Waals surface area contributed by atoms with Crippen LogP contribution in [0, 0.1) is 10.8 Å². The molecule has 0 fully saturated rings. The number of benzene rings is 6. The second kappa shape index (κ2) is 17.9. The van der Waals surface area contributed by atoms with Gasteiger partial charge in [-0.05, 0) is 0 Å². The SMILES string of the molecule is C[SiH](C)[Zr]([C]1=c2cccc(-c3ccccc3)c2=C(c2ccccc2)C1(O[SiH3])C(C)(C)C)[C]1=c2cccc(-c3ccccc3)c2=C(c2ccccc2)C1(O[SiH3])C(C)(C)C.Cl.Cl. The quantitative estimate of drug-likeness (QED) is 0.137. The molecule has 2 atom stereocenters. The van der Waals surface area contributed by atoms with E-state index in [1.54, 1.807) is 6.56 Å². The number of hydrogen-bond acceptors (Lipinski definition) is 2. The molecule has 309 valence electrons. The van der Waals surface area contributed by atoms with Crippen LogP contribution in [0.15, 0.2) is 158 Å². The van der Waals surface area contributed by atoms with Gasteiger partial charge >= 0.3 is 363 Å². The number of hydrogen-bond donors (Lipinski definition) is 0. The average Bonchev–Trinajstić information content (AvgIpc) is 3.71. The molecule has 0 N–H and O–H groups in total. The van der Waals surface area contributed by atoms with Crippen molar-refractivity contribution in [2.75, 3.05) is 0 Å². The van der Waals surface area contributed by atoms with E-state index >= 15 is 0 Å². The van der Waals surface area contributed by atoms with Crippen molar-refractivity contribution < 1.29 is 29.8 Å². The molecule has 0 saturated heterocycles. The summed E-state index contributed by atoms with van der Waals surface area (Å²) in [5.74, 6) is -1.50. The Labute approximate surface area is 384 Å². The summed E-state index contributed by atoms with van der Waals surface area (Å²) in [5, 5.41) is 5.51. The second-order valence-electron chi connectivity index (χ2n) is 18.3. The van der Waals surface area contributed by atoms with E-state index in [0.29, 0.717) is 21.0 Å². The van der Waals surface area contributed by atoms with Gasteiger partial charge in [0.05, 0.1) is 0 Å². The van der Waals surface area contributed by atoms with Crippen LogP contribution >= 0.6 is 24.8 Å². The number of fused-ring (bicyclic) bond motifs is 2. The van der Waals surface area contributed by atoms with Gasteiger partial charge in [-0.2, -0.15) is 0 Å². The van der Waals surface area contributed by atoms with Crippen LogP contribution in [0.4, 0.5) is 0 Å². The first kappa shape index (κ1) is 46.3. The molecule has 2 aliphatic rings. The van der Waals surface area contributed by atoms with Crippen molar-refractivity contribution in [1.82, 2.24) is 0 Å². The van der Waals surface area contributed by atoms with E-state index in [-0.39, 0.29) is 35.6 Å². The maximum atomic E-state index is 7.57. The van der Waals surface area contributed by atoms with Gasteiger partial charge in [0, 0.05) is 0 Å². The zero-order valence-electron chi connectivity index (χ0n) is 36.7. The van der Waals surface area contributed by atoms with Gasteiger partial charge in [0.25, 0.3) is 0 Å². The van der Waals surface area contributed by atoms with Crippen LogP contribution < -0.4 is 20.9 Å². The topological polar surface area (TPSA) is 18.5 Å². The minimum absolute atomic E-state index is 0. The third-order valence-corrected chi connectivity index (χ3v) is 32.7. The minimum Gasteiger partial charge on any atom is -0.147 e. The molecular weight excluding hydrogens is 903 g/mol. The molecule has 0 heterocycles. The molecule has 0 aliphatic heterocycles. The molecule has 8 rings (SSSR count). The van der Waals surface area contributed by atoms with Gasteiger partial charge < -0.3 is 0 Å². The Morgan fingerprint density at radius 1 is 0.433 bits per heavy atom. The normalized spacial score (nSPS) is 18.6. The molecule has 2 unspecified atom stereocenters. The maximum Gasteiger partial charge on any atom is -0.147 e. The first-order chi connectivity index (χ1) is 27.8. The molecule has 0 bridgehead atoms. The fraction of sp³-hybridized carbons (Fsp3) is 0.231. The standard InChI is InChI=1S/2C25H25OSi.C2H7Si.2ClH.Zr/c2*1-24(2,3)25(26-27)17-20-15-10-16-21(18-11-6-4-7-12-18)22(20)23(25)19-13-8-5-9-14-19;1-3-2;;;/h2*4-16H,1-3,27H3;3H,1-2H3;2*1H;. The zero-order chi connectivity index (χ0) is 41.0. The molecule has 2 nitrogen and oxygen atoms in total. The van der Waals surface area contributed by atoms with Crippen molar-refractivity contribution in [3.63, 3.8) is 0 Å². The van der Waals surface area contributed by atoms with Crippen LogP contribution in [0.3, 0.4) is 0 Å². The monoisotopic (exact) mass is 959 g/mol. The minimum atomic E-state index is -3.15. The van der Waals surface area contributed by atoms with Gasteiger partial charge in [-0.25, -0.2) is 0 Å². The summed E-state index contributed by atoms with van der Waals surface area (Å²) in [6, 6.07) is 58.8. The van der Waals surface area contributed by atoms with Crippen LogP contribution in [0.25, 0.3) is 40.0 Å². The van der Waals surface area contributed by atoms with E-state index in [0.717, 1.165) is 0 Å². The molecule has 0 aromatic heterocycles. The smallest absolute Gasteiger partial charge is 0.147 e.